The van der Waals surface area contributed by atoms with Gasteiger partial charge in [-0.3, -0.25) is 14.5 Å². The molecular formula is C14H17ClN2O4. The number of nitrogens with one attached hydrogen (secondary N) is 1. The number of carbonyl (C=O) groups excluding carboxylic acids is 1. The first-order valence-corrected chi connectivity index (χ1v) is 6.96. The molecule has 1 saturated heterocycles. The molecule has 2 N–H and O–H groups in total. The van der Waals surface area contributed by atoms with Gasteiger partial charge in [-0.25, -0.2) is 0 Å². The zero-order chi connectivity index (χ0) is 15.4. The van der Waals surface area contributed by atoms with E-state index in [9.17, 15) is 9.59 Å². The number of carboxylic acids is 1. The van der Waals surface area contributed by atoms with Crippen LogP contribution >= 0.6 is 11.6 Å². The van der Waals surface area contributed by atoms with Crippen LogP contribution in [0.4, 0.5) is 5.69 Å². The van der Waals surface area contributed by atoms with E-state index in [4.69, 9.17) is 21.4 Å². The van der Waals surface area contributed by atoms with Crippen molar-refractivity contribution in [2.75, 3.05) is 31.6 Å². The molecule has 1 unspecified atom stereocenters. The van der Waals surface area contributed by atoms with E-state index in [1.54, 1.807) is 17.0 Å². The lowest BCUT2D eigenvalue weighted by Gasteiger charge is -2.32. The number of morpholine rings is 1. The summed E-state index contributed by atoms with van der Waals surface area (Å²) < 4.78 is 5.14. The van der Waals surface area contributed by atoms with E-state index in [1.807, 2.05) is 13.0 Å². The fourth-order valence-electron chi connectivity index (χ4n) is 2.16. The highest BCUT2D eigenvalue weighted by molar-refractivity contribution is 6.31. The average molecular weight is 313 g/mol. The van der Waals surface area contributed by atoms with E-state index in [0.29, 0.717) is 23.9 Å². The molecule has 6 nitrogen and oxygen atoms in total. The van der Waals surface area contributed by atoms with Gasteiger partial charge in [-0.05, 0) is 24.6 Å². The van der Waals surface area contributed by atoms with E-state index in [2.05, 4.69) is 5.32 Å². The van der Waals surface area contributed by atoms with E-state index < -0.39 is 12.0 Å². The first-order chi connectivity index (χ1) is 9.97. The number of rotatable bonds is 4. The summed E-state index contributed by atoms with van der Waals surface area (Å²) in [7, 11) is 0. The summed E-state index contributed by atoms with van der Waals surface area (Å²) in [6.45, 7) is 2.80. The topological polar surface area (TPSA) is 78.9 Å². The molecule has 7 heteroatoms. The van der Waals surface area contributed by atoms with Crippen LogP contribution < -0.4 is 5.32 Å². The van der Waals surface area contributed by atoms with Gasteiger partial charge < -0.3 is 15.2 Å². The summed E-state index contributed by atoms with van der Waals surface area (Å²) in [6, 6.07) is 4.44. The van der Waals surface area contributed by atoms with Gasteiger partial charge in [0, 0.05) is 17.3 Å². The maximum absolute atomic E-state index is 12.1. The van der Waals surface area contributed by atoms with Crippen molar-refractivity contribution in [1.82, 2.24) is 4.90 Å². The molecule has 1 amide bonds. The van der Waals surface area contributed by atoms with Crippen LogP contribution in [0.3, 0.4) is 0 Å². The van der Waals surface area contributed by atoms with Gasteiger partial charge in [0.25, 0.3) is 0 Å². The second-order valence-corrected chi connectivity index (χ2v) is 5.34. The molecular weight excluding hydrogens is 296 g/mol. The Morgan fingerprint density at radius 3 is 3.00 bits per heavy atom. The molecule has 1 aromatic carbocycles. The van der Waals surface area contributed by atoms with Crippen LogP contribution in [-0.2, 0) is 14.3 Å². The van der Waals surface area contributed by atoms with Crippen LogP contribution in [-0.4, -0.2) is 54.2 Å². The number of halogens is 1. The van der Waals surface area contributed by atoms with Crippen molar-refractivity contribution in [1.29, 1.82) is 0 Å². The highest BCUT2D eigenvalue weighted by atomic mass is 35.5. The number of carbonyl (C=O) groups is 2. The molecule has 1 atom stereocenters. The van der Waals surface area contributed by atoms with Gasteiger partial charge in [-0.15, -0.1) is 0 Å². The molecule has 1 heterocycles. The maximum Gasteiger partial charge on any atom is 0.323 e. The Hall–Kier alpha value is -1.63. The molecule has 0 saturated carbocycles. The van der Waals surface area contributed by atoms with Crippen molar-refractivity contribution in [2.24, 2.45) is 0 Å². The highest BCUT2D eigenvalue weighted by Crippen LogP contribution is 2.20. The minimum absolute atomic E-state index is 0.00623. The first kappa shape index (κ1) is 15.8. The third kappa shape index (κ3) is 4.17. The van der Waals surface area contributed by atoms with Crippen molar-refractivity contribution in [3.63, 3.8) is 0 Å². The molecule has 0 aromatic heterocycles. The van der Waals surface area contributed by atoms with E-state index in [0.717, 1.165) is 5.56 Å². The van der Waals surface area contributed by atoms with Gasteiger partial charge in [0.05, 0.1) is 19.8 Å². The molecule has 1 aromatic rings. The van der Waals surface area contributed by atoms with Crippen LogP contribution in [0.15, 0.2) is 18.2 Å². The minimum Gasteiger partial charge on any atom is -0.480 e. The van der Waals surface area contributed by atoms with Gasteiger partial charge in [0.1, 0.15) is 6.04 Å². The van der Waals surface area contributed by atoms with Crippen molar-refractivity contribution < 1.29 is 19.4 Å². The molecule has 0 spiro atoms. The Labute approximate surface area is 127 Å². The maximum atomic E-state index is 12.1. The molecule has 1 fully saturated rings. The molecule has 0 radical (unpaired) electrons. The van der Waals surface area contributed by atoms with Crippen molar-refractivity contribution in [3.05, 3.63) is 28.8 Å². The average Bonchev–Trinajstić information content (AvgIpc) is 2.43. The van der Waals surface area contributed by atoms with Gasteiger partial charge in [0.15, 0.2) is 0 Å². The number of anilines is 1. The standard InChI is InChI=1S/C14H17ClN2O4/c1-9-2-3-10(15)6-11(9)16-13(18)7-17-4-5-21-8-12(17)14(19)20/h2-3,6,12H,4-5,7-8H2,1H3,(H,16,18)(H,19,20). The Morgan fingerprint density at radius 1 is 1.52 bits per heavy atom. The second kappa shape index (κ2) is 6.89. The molecule has 2 rings (SSSR count). The number of hydrogen-bond donors (Lipinski definition) is 2. The number of hydrogen-bond acceptors (Lipinski definition) is 4. The van der Waals surface area contributed by atoms with Gasteiger partial charge in [-0.1, -0.05) is 17.7 Å². The van der Waals surface area contributed by atoms with Crippen LogP contribution in [0.1, 0.15) is 5.56 Å². The Kier molecular flexibility index (Phi) is 5.17. The normalized spacial score (nSPS) is 19.2. The molecule has 1 aliphatic heterocycles. The van der Waals surface area contributed by atoms with Crippen LogP contribution in [0.2, 0.25) is 5.02 Å². The lowest BCUT2D eigenvalue weighted by molar-refractivity contribution is -0.150. The van der Waals surface area contributed by atoms with E-state index >= 15 is 0 Å². The second-order valence-electron chi connectivity index (χ2n) is 4.91. The van der Waals surface area contributed by atoms with Crippen LogP contribution in [0.5, 0.6) is 0 Å². The fourth-order valence-corrected chi connectivity index (χ4v) is 2.33. The highest BCUT2D eigenvalue weighted by Gasteiger charge is 2.30. The van der Waals surface area contributed by atoms with E-state index in [1.165, 1.54) is 0 Å². The number of ether oxygens (including phenoxy) is 1. The summed E-state index contributed by atoms with van der Waals surface area (Å²) in [5, 5.41) is 12.4. The summed E-state index contributed by atoms with van der Waals surface area (Å²) in [6.07, 6.45) is 0. The molecule has 21 heavy (non-hydrogen) atoms. The number of nitrogens with zero attached hydrogens (tertiary/aromatic N) is 1. The SMILES string of the molecule is Cc1ccc(Cl)cc1NC(=O)CN1CCOCC1C(=O)O. The largest absolute Gasteiger partial charge is 0.480 e. The number of aliphatic carboxylic acids is 1. The summed E-state index contributed by atoms with van der Waals surface area (Å²) in [5.41, 5.74) is 1.53. The lowest BCUT2D eigenvalue weighted by atomic mass is 10.2. The van der Waals surface area contributed by atoms with Gasteiger partial charge in [-0.2, -0.15) is 0 Å². The zero-order valence-corrected chi connectivity index (χ0v) is 12.4. The lowest BCUT2D eigenvalue weighted by Crippen LogP contribution is -2.52. The van der Waals surface area contributed by atoms with Crippen LogP contribution in [0, 0.1) is 6.92 Å². The quantitative estimate of drug-likeness (QED) is 0.878. The van der Waals surface area contributed by atoms with Gasteiger partial charge in [0.2, 0.25) is 5.91 Å². The molecule has 114 valence electrons. The van der Waals surface area contributed by atoms with Crippen molar-refractivity contribution in [2.45, 2.75) is 13.0 Å². The molecule has 0 bridgehead atoms. The third-order valence-electron chi connectivity index (χ3n) is 3.34. The smallest absolute Gasteiger partial charge is 0.323 e. The monoisotopic (exact) mass is 312 g/mol. The van der Waals surface area contributed by atoms with Gasteiger partial charge >= 0.3 is 5.97 Å². The van der Waals surface area contributed by atoms with Crippen molar-refractivity contribution in [3.8, 4) is 0 Å². The molecule has 0 aliphatic carbocycles. The minimum atomic E-state index is -0.985. The summed E-state index contributed by atoms with van der Waals surface area (Å²) in [5.74, 6) is -1.25. The Morgan fingerprint density at radius 2 is 2.29 bits per heavy atom. The molecule has 1 aliphatic rings. The number of benzene rings is 1. The third-order valence-corrected chi connectivity index (χ3v) is 3.58. The van der Waals surface area contributed by atoms with E-state index in [-0.39, 0.29) is 19.1 Å². The van der Waals surface area contributed by atoms with Crippen molar-refractivity contribution >= 4 is 29.2 Å². The summed E-state index contributed by atoms with van der Waals surface area (Å²) in [4.78, 5) is 24.8. The summed E-state index contributed by atoms with van der Waals surface area (Å²) >= 11 is 5.90. The zero-order valence-electron chi connectivity index (χ0n) is 11.6. The first-order valence-electron chi connectivity index (χ1n) is 6.58. The number of aryl methyl sites for hydroxylation is 1. The van der Waals surface area contributed by atoms with Crippen LogP contribution in [0.25, 0.3) is 0 Å². The number of carboxylic acid groups (broad SMARTS) is 1. The predicted octanol–water partition coefficient (Wildman–Crippen LogP) is 1.37. The number of amides is 1. The Bertz CT molecular complexity index is 550. The fraction of sp³-hybridized carbons (Fsp3) is 0.429. The Balaban J connectivity index is 2.00. The predicted molar refractivity (Wildman–Crippen MR) is 78.6 cm³/mol.